The number of nitrogens with one attached hydrogen (secondary N) is 1. The first kappa shape index (κ1) is 24.6. The van der Waals surface area contributed by atoms with E-state index in [1.807, 2.05) is 19.2 Å². The molecule has 2 fully saturated rings. The third kappa shape index (κ3) is 7.53. The summed E-state index contributed by atoms with van der Waals surface area (Å²) in [5.41, 5.74) is 1.28. The fraction of sp³-hybridized carbons (Fsp3) is 0.708. The van der Waals surface area contributed by atoms with E-state index in [0.717, 1.165) is 83.5 Å². The molecule has 1 aromatic rings. The molecule has 2 aliphatic rings. The Bertz CT molecular complexity index is 677. The van der Waals surface area contributed by atoms with E-state index in [9.17, 15) is 0 Å². The molecule has 1 atom stereocenters. The zero-order valence-electron chi connectivity index (χ0n) is 20.1. The van der Waals surface area contributed by atoms with Crippen molar-refractivity contribution in [1.29, 1.82) is 0 Å². The number of guanidine groups is 1. The van der Waals surface area contributed by atoms with Gasteiger partial charge in [-0.25, -0.2) is 0 Å². The molecule has 0 radical (unpaired) electrons. The van der Waals surface area contributed by atoms with Crippen molar-refractivity contribution in [1.82, 2.24) is 15.1 Å². The van der Waals surface area contributed by atoms with E-state index in [1.165, 1.54) is 5.69 Å². The fourth-order valence-corrected chi connectivity index (χ4v) is 4.41. The molecule has 0 amide bonds. The van der Waals surface area contributed by atoms with Crippen molar-refractivity contribution in [3.8, 4) is 5.75 Å². The monoisotopic (exact) mass is 447 g/mol. The Morgan fingerprint density at radius 1 is 1.06 bits per heavy atom. The van der Waals surface area contributed by atoms with Gasteiger partial charge in [0, 0.05) is 71.6 Å². The highest BCUT2D eigenvalue weighted by Crippen LogP contribution is 2.20. The first-order chi connectivity index (χ1) is 15.7. The summed E-state index contributed by atoms with van der Waals surface area (Å²) in [7, 11) is 5.29. The van der Waals surface area contributed by atoms with Gasteiger partial charge in [-0.05, 0) is 43.7 Å². The first-order valence-electron chi connectivity index (χ1n) is 11.9. The molecule has 0 aromatic heterocycles. The lowest BCUT2D eigenvalue weighted by Crippen LogP contribution is -2.47. The second-order valence-electron chi connectivity index (χ2n) is 8.52. The number of likely N-dealkylation sites (tertiary alicyclic amines) is 1. The van der Waals surface area contributed by atoms with Crippen LogP contribution in [-0.2, 0) is 9.47 Å². The minimum atomic E-state index is 0.576. The average Bonchev–Trinajstić information content (AvgIpc) is 3.31. The van der Waals surface area contributed by atoms with Crippen LogP contribution in [0.2, 0.25) is 0 Å². The largest absolute Gasteiger partial charge is 0.497 e. The van der Waals surface area contributed by atoms with Crippen molar-refractivity contribution in [2.45, 2.75) is 12.8 Å². The summed E-state index contributed by atoms with van der Waals surface area (Å²) in [6.45, 7) is 10.6. The van der Waals surface area contributed by atoms with E-state index in [0.29, 0.717) is 19.1 Å². The molecule has 1 N–H and O–H groups in total. The van der Waals surface area contributed by atoms with Crippen molar-refractivity contribution in [3.63, 3.8) is 0 Å². The second-order valence-corrected chi connectivity index (χ2v) is 8.52. The zero-order valence-corrected chi connectivity index (χ0v) is 20.1. The minimum Gasteiger partial charge on any atom is -0.497 e. The summed E-state index contributed by atoms with van der Waals surface area (Å²) in [5.74, 6) is 2.51. The highest BCUT2D eigenvalue weighted by Gasteiger charge is 2.25. The van der Waals surface area contributed by atoms with Crippen LogP contribution in [0.25, 0.3) is 0 Å². The maximum atomic E-state index is 5.71. The summed E-state index contributed by atoms with van der Waals surface area (Å²) in [4.78, 5) is 11.9. The maximum Gasteiger partial charge on any atom is 0.193 e. The van der Waals surface area contributed by atoms with Crippen LogP contribution in [0.5, 0.6) is 5.75 Å². The Hall–Kier alpha value is -2.03. The van der Waals surface area contributed by atoms with Crippen LogP contribution in [0.4, 0.5) is 5.69 Å². The molecule has 2 aliphatic heterocycles. The van der Waals surface area contributed by atoms with Crippen LogP contribution in [0.15, 0.2) is 29.3 Å². The van der Waals surface area contributed by atoms with Gasteiger partial charge in [0.05, 0.1) is 26.9 Å². The third-order valence-corrected chi connectivity index (χ3v) is 6.33. The van der Waals surface area contributed by atoms with Crippen LogP contribution in [0.1, 0.15) is 12.8 Å². The van der Waals surface area contributed by atoms with E-state index < -0.39 is 0 Å². The van der Waals surface area contributed by atoms with Crippen molar-refractivity contribution >= 4 is 11.6 Å². The normalized spacial score (nSPS) is 20.1. The molecule has 3 rings (SSSR count). The van der Waals surface area contributed by atoms with E-state index in [4.69, 9.17) is 14.2 Å². The SMILES string of the molecule is CN=C(NCCCN1CCN(c2ccc(OC)cc2)CC1)N1CCC(COCCOC)C1. The molecule has 0 spiro atoms. The summed E-state index contributed by atoms with van der Waals surface area (Å²) < 4.78 is 16.0. The lowest BCUT2D eigenvalue weighted by Gasteiger charge is -2.36. The number of hydrogen-bond acceptors (Lipinski definition) is 6. The average molecular weight is 448 g/mol. The molecule has 8 heteroatoms. The predicted molar refractivity (Wildman–Crippen MR) is 130 cm³/mol. The van der Waals surface area contributed by atoms with Gasteiger partial charge < -0.3 is 29.3 Å². The highest BCUT2D eigenvalue weighted by atomic mass is 16.5. The van der Waals surface area contributed by atoms with E-state index in [-0.39, 0.29) is 0 Å². The highest BCUT2D eigenvalue weighted by molar-refractivity contribution is 5.80. The lowest BCUT2D eigenvalue weighted by molar-refractivity contribution is 0.0536. The van der Waals surface area contributed by atoms with E-state index in [1.54, 1.807) is 14.2 Å². The van der Waals surface area contributed by atoms with Crippen molar-refractivity contribution in [2.24, 2.45) is 10.9 Å². The predicted octanol–water partition coefficient (Wildman–Crippen LogP) is 1.77. The number of aliphatic imine (C=N–C) groups is 1. The maximum absolute atomic E-state index is 5.71. The molecular weight excluding hydrogens is 406 g/mol. The molecule has 0 saturated carbocycles. The molecule has 0 aliphatic carbocycles. The number of piperazine rings is 1. The third-order valence-electron chi connectivity index (χ3n) is 6.33. The molecule has 0 bridgehead atoms. The van der Waals surface area contributed by atoms with E-state index in [2.05, 4.69) is 37.1 Å². The standard InChI is InChI=1S/C24H41N5O3/c1-25-24(29-12-9-21(19-29)20-32-18-17-30-2)26-10-4-11-27-13-15-28(16-14-27)22-5-7-23(31-3)8-6-22/h5-8,21H,4,9-20H2,1-3H3,(H,25,26). The van der Waals surface area contributed by atoms with Gasteiger partial charge in [0.25, 0.3) is 0 Å². The fourth-order valence-electron chi connectivity index (χ4n) is 4.41. The van der Waals surface area contributed by atoms with Crippen molar-refractivity contribution < 1.29 is 14.2 Å². The Labute approximate surface area is 193 Å². The van der Waals surface area contributed by atoms with Gasteiger partial charge in [-0.15, -0.1) is 0 Å². The van der Waals surface area contributed by atoms with Crippen LogP contribution in [-0.4, -0.2) is 109 Å². The summed E-state index contributed by atoms with van der Waals surface area (Å²) in [5, 5.41) is 3.56. The summed E-state index contributed by atoms with van der Waals surface area (Å²) in [6.07, 6.45) is 2.28. The van der Waals surface area contributed by atoms with Gasteiger partial charge in [0.1, 0.15) is 5.75 Å². The minimum absolute atomic E-state index is 0.576. The van der Waals surface area contributed by atoms with Gasteiger partial charge in [0.15, 0.2) is 5.96 Å². The quantitative estimate of drug-likeness (QED) is 0.315. The number of nitrogens with zero attached hydrogens (tertiary/aromatic N) is 4. The Balaban J connectivity index is 1.28. The molecule has 180 valence electrons. The molecule has 8 nitrogen and oxygen atoms in total. The van der Waals surface area contributed by atoms with Crippen LogP contribution < -0.4 is 15.0 Å². The van der Waals surface area contributed by atoms with Crippen LogP contribution >= 0.6 is 0 Å². The topological polar surface area (TPSA) is 61.8 Å². The molecule has 1 unspecified atom stereocenters. The van der Waals surface area contributed by atoms with Crippen molar-refractivity contribution in [2.75, 3.05) is 98.3 Å². The van der Waals surface area contributed by atoms with Crippen LogP contribution in [0, 0.1) is 5.92 Å². The summed E-state index contributed by atoms with van der Waals surface area (Å²) in [6, 6.07) is 8.38. The molecule has 2 heterocycles. The lowest BCUT2D eigenvalue weighted by atomic mass is 10.1. The van der Waals surface area contributed by atoms with Gasteiger partial charge in [-0.3, -0.25) is 9.89 Å². The number of hydrogen-bond donors (Lipinski definition) is 1. The zero-order chi connectivity index (χ0) is 22.6. The number of ether oxygens (including phenoxy) is 3. The van der Waals surface area contributed by atoms with Crippen molar-refractivity contribution in [3.05, 3.63) is 24.3 Å². The molecule has 32 heavy (non-hydrogen) atoms. The van der Waals surface area contributed by atoms with Gasteiger partial charge in [0.2, 0.25) is 0 Å². The molecular formula is C24H41N5O3. The smallest absolute Gasteiger partial charge is 0.193 e. The van der Waals surface area contributed by atoms with Gasteiger partial charge in [-0.2, -0.15) is 0 Å². The Kier molecular flexibility index (Phi) is 10.4. The summed E-state index contributed by atoms with van der Waals surface area (Å²) >= 11 is 0. The van der Waals surface area contributed by atoms with Crippen LogP contribution in [0.3, 0.4) is 0 Å². The van der Waals surface area contributed by atoms with Gasteiger partial charge >= 0.3 is 0 Å². The Morgan fingerprint density at radius 3 is 2.53 bits per heavy atom. The van der Waals surface area contributed by atoms with Gasteiger partial charge in [-0.1, -0.05) is 0 Å². The Morgan fingerprint density at radius 2 is 1.84 bits per heavy atom. The number of rotatable bonds is 11. The molecule has 2 saturated heterocycles. The number of methoxy groups -OCH3 is 2. The second kappa shape index (κ2) is 13.5. The number of benzene rings is 1. The first-order valence-corrected chi connectivity index (χ1v) is 11.9. The molecule has 1 aromatic carbocycles. The van der Waals surface area contributed by atoms with E-state index >= 15 is 0 Å². The number of anilines is 1.